The van der Waals surface area contributed by atoms with Crippen molar-refractivity contribution in [2.24, 2.45) is 5.41 Å². The van der Waals surface area contributed by atoms with Gasteiger partial charge in [-0.2, -0.15) is 0 Å². The first-order valence-corrected chi connectivity index (χ1v) is 8.20. The van der Waals surface area contributed by atoms with Crippen LogP contribution in [0.4, 0.5) is 0 Å². The minimum absolute atomic E-state index is 0.0420. The second-order valence-electron chi connectivity index (χ2n) is 6.26. The molecule has 1 aromatic heterocycles. The molecule has 0 amide bonds. The van der Waals surface area contributed by atoms with Crippen LogP contribution in [0.25, 0.3) is 0 Å². The highest BCUT2D eigenvalue weighted by atomic mass is 32.2. The molecule has 20 heavy (non-hydrogen) atoms. The van der Waals surface area contributed by atoms with Gasteiger partial charge in [0, 0.05) is 12.5 Å². The molecule has 1 saturated carbocycles. The van der Waals surface area contributed by atoms with Gasteiger partial charge in [-0.1, -0.05) is 32.5 Å². The Morgan fingerprint density at radius 3 is 2.80 bits per heavy atom. The molecule has 1 fully saturated rings. The summed E-state index contributed by atoms with van der Waals surface area (Å²) in [4.78, 5) is 10.8. The molecule has 1 aliphatic carbocycles. The fraction of sp³-hybridized carbons (Fsp3) is 0.786. The summed E-state index contributed by atoms with van der Waals surface area (Å²) in [5.74, 6) is 0.233. The van der Waals surface area contributed by atoms with Crippen molar-refractivity contribution in [2.75, 3.05) is 5.75 Å². The third-order valence-corrected chi connectivity index (χ3v) is 4.77. The normalized spacial score (nSPS) is 21.2. The maximum absolute atomic E-state index is 10.8. The van der Waals surface area contributed by atoms with Gasteiger partial charge in [0.05, 0.1) is 5.75 Å². The van der Waals surface area contributed by atoms with Crippen LogP contribution < -0.4 is 0 Å². The standard InChI is InChI=1S/C14H23N3O2S/c1-4-5-11-15-16-13(20-9-12(18)19)17(11)10-6-7-14(2,3)8-10/h10H,4-9H2,1-3H3,(H,18,19). The third kappa shape index (κ3) is 3.53. The Morgan fingerprint density at radius 2 is 2.25 bits per heavy atom. The van der Waals surface area contributed by atoms with E-state index in [0.717, 1.165) is 36.7 Å². The lowest BCUT2D eigenvalue weighted by Gasteiger charge is -2.20. The first-order chi connectivity index (χ1) is 9.43. The number of rotatable bonds is 6. The molecule has 1 N–H and O–H groups in total. The molecule has 2 rings (SSSR count). The van der Waals surface area contributed by atoms with E-state index < -0.39 is 5.97 Å². The Hall–Kier alpha value is -1.04. The summed E-state index contributed by atoms with van der Waals surface area (Å²) in [7, 11) is 0. The van der Waals surface area contributed by atoms with Gasteiger partial charge in [0.2, 0.25) is 0 Å². The highest BCUT2D eigenvalue weighted by Crippen LogP contribution is 2.45. The molecule has 0 bridgehead atoms. The lowest BCUT2D eigenvalue weighted by atomic mass is 9.92. The Balaban J connectivity index is 2.22. The number of hydrogen-bond acceptors (Lipinski definition) is 4. The van der Waals surface area contributed by atoms with Gasteiger partial charge < -0.3 is 9.67 Å². The molecule has 1 heterocycles. The van der Waals surface area contributed by atoms with Crippen molar-refractivity contribution >= 4 is 17.7 Å². The van der Waals surface area contributed by atoms with Crippen LogP contribution >= 0.6 is 11.8 Å². The average molecular weight is 297 g/mol. The summed E-state index contributed by atoms with van der Waals surface area (Å²) >= 11 is 1.28. The number of carboxylic acid groups (broad SMARTS) is 1. The van der Waals surface area contributed by atoms with Gasteiger partial charge in [0.1, 0.15) is 5.82 Å². The van der Waals surface area contributed by atoms with Crippen molar-refractivity contribution in [3.63, 3.8) is 0 Å². The Morgan fingerprint density at radius 1 is 1.50 bits per heavy atom. The lowest BCUT2D eigenvalue weighted by molar-refractivity contribution is -0.133. The molecule has 1 aliphatic rings. The summed E-state index contributed by atoms with van der Waals surface area (Å²) in [5.41, 5.74) is 0.354. The van der Waals surface area contributed by atoms with Crippen LogP contribution in [0, 0.1) is 5.41 Å². The summed E-state index contributed by atoms with van der Waals surface area (Å²) in [6.07, 6.45) is 5.37. The topological polar surface area (TPSA) is 68.0 Å². The van der Waals surface area contributed by atoms with Gasteiger partial charge >= 0.3 is 5.97 Å². The van der Waals surface area contributed by atoms with E-state index in [-0.39, 0.29) is 5.75 Å². The van der Waals surface area contributed by atoms with E-state index >= 15 is 0 Å². The van der Waals surface area contributed by atoms with Crippen molar-refractivity contribution in [1.82, 2.24) is 14.8 Å². The monoisotopic (exact) mass is 297 g/mol. The predicted octanol–water partition coefficient (Wildman–Crippen LogP) is 3.16. The van der Waals surface area contributed by atoms with Crippen LogP contribution in [0.3, 0.4) is 0 Å². The zero-order valence-electron chi connectivity index (χ0n) is 12.4. The molecule has 5 nitrogen and oxygen atoms in total. The van der Waals surface area contributed by atoms with E-state index in [1.165, 1.54) is 18.2 Å². The van der Waals surface area contributed by atoms with Crippen molar-refractivity contribution in [2.45, 2.75) is 64.1 Å². The van der Waals surface area contributed by atoms with Gasteiger partial charge in [-0.3, -0.25) is 4.79 Å². The summed E-state index contributed by atoms with van der Waals surface area (Å²) in [6.45, 7) is 6.71. The maximum Gasteiger partial charge on any atom is 0.313 e. The van der Waals surface area contributed by atoms with Crippen LogP contribution in [0.2, 0.25) is 0 Å². The molecule has 112 valence electrons. The molecule has 1 aromatic rings. The molecule has 0 spiro atoms. The summed E-state index contributed by atoms with van der Waals surface area (Å²) < 4.78 is 2.20. The van der Waals surface area contributed by atoms with Crippen molar-refractivity contribution in [3.05, 3.63) is 5.82 Å². The van der Waals surface area contributed by atoms with E-state index in [9.17, 15) is 4.79 Å². The Kier molecular flexibility index (Phi) is 4.73. The average Bonchev–Trinajstić information content (AvgIpc) is 2.90. The Labute approximate surface area is 124 Å². The largest absolute Gasteiger partial charge is 0.481 e. The van der Waals surface area contributed by atoms with Crippen LogP contribution in [0.1, 0.15) is 58.3 Å². The maximum atomic E-state index is 10.8. The lowest BCUT2D eigenvalue weighted by Crippen LogP contribution is -2.14. The van der Waals surface area contributed by atoms with Crippen molar-refractivity contribution in [1.29, 1.82) is 0 Å². The predicted molar refractivity (Wildman–Crippen MR) is 79.0 cm³/mol. The highest BCUT2D eigenvalue weighted by molar-refractivity contribution is 7.99. The molecule has 1 unspecified atom stereocenters. The number of carbonyl (C=O) groups is 1. The molecule has 0 saturated heterocycles. The second kappa shape index (κ2) is 6.16. The fourth-order valence-corrected chi connectivity index (χ4v) is 3.66. The number of thioether (sulfide) groups is 1. The van der Waals surface area contributed by atoms with Crippen molar-refractivity contribution < 1.29 is 9.90 Å². The van der Waals surface area contributed by atoms with Crippen LogP contribution in [0.15, 0.2) is 5.16 Å². The van der Waals surface area contributed by atoms with E-state index in [0.29, 0.717) is 11.5 Å². The number of nitrogens with zero attached hydrogens (tertiary/aromatic N) is 3. The van der Waals surface area contributed by atoms with E-state index in [4.69, 9.17) is 5.11 Å². The van der Waals surface area contributed by atoms with Gasteiger partial charge in [-0.25, -0.2) is 0 Å². The number of aromatic nitrogens is 3. The van der Waals surface area contributed by atoms with E-state index in [2.05, 4.69) is 35.5 Å². The third-order valence-electron chi connectivity index (χ3n) is 3.84. The van der Waals surface area contributed by atoms with Crippen LogP contribution in [-0.2, 0) is 11.2 Å². The van der Waals surface area contributed by atoms with Crippen molar-refractivity contribution in [3.8, 4) is 0 Å². The number of aliphatic carboxylic acids is 1. The molecule has 1 atom stereocenters. The number of aryl methyl sites for hydroxylation is 1. The van der Waals surface area contributed by atoms with Gasteiger partial charge in [-0.15, -0.1) is 10.2 Å². The number of carboxylic acids is 1. The smallest absolute Gasteiger partial charge is 0.313 e. The molecular weight excluding hydrogens is 274 g/mol. The first kappa shape index (κ1) is 15.4. The second-order valence-corrected chi connectivity index (χ2v) is 7.20. The minimum Gasteiger partial charge on any atom is -0.481 e. The first-order valence-electron chi connectivity index (χ1n) is 7.21. The summed E-state index contributed by atoms with van der Waals surface area (Å²) in [6, 6.07) is 0.415. The van der Waals surface area contributed by atoms with Gasteiger partial charge in [-0.05, 0) is 31.1 Å². The summed E-state index contributed by atoms with van der Waals surface area (Å²) in [5, 5.41) is 18.1. The molecule has 0 radical (unpaired) electrons. The zero-order valence-corrected chi connectivity index (χ0v) is 13.2. The minimum atomic E-state index is -0.812. The van der Waals surface area contributed by atoms with E-state index in [1.807, 2.05) is 0 Å². The Bertz CT molecular complexity index is 485. The SMILES string of the molecule is CCCc1nnc(SCC(=O)O)n1C1CCC(C)(C)C1. The van der Waals surface area contributed by atoms with Gasteiger partial charge in [0.25, 0.3) is 0 Å². The quantitative estimate of drug-likeness (QED) is 0.817. The van der Waals surface area contributed by atoms with Crippen LogP contribution in [-0.4, -0.2) is 31.6 Å². The highest BCUT2D eigenvalue weighted by Gasteiger charge is 2.34. The molecule has 0 aromatic carbocycles. The molecular formula is C14H23N3O2S. The van der Waals surface area contributed by atoms with E-state index in [1.54, 1.807) is 0 Å². The zero-order chi connectivity index (χ0) is 14.8. The van der Waals surface area contributed by atoms with Crippen LogP contribution in [0.5, 0.6) is 0 Å². The fourth-order valence-electron chi connectivity index (χ4n) is 2.91. The molecule has 0 aliphatic heterocycles. The molecule has 6 heteroatoms. The van der Waals surface area contributed by atoms with Gasteiger partial charge in [0.15, 0.2) is 5.16 Å². The number of hydrogen-bond donors (Lipinski definition) is 1.